The fourth-order valence-electron chi connectivity index (χ4n) is 0.383. The smallest absolute Gasteiger partial charge is 0.0819 e. The van der Waals surface area contributed by atoms with Gasteiger partial charge in [-0.25, -0.2) is 0 Å². The molecule has 0 saturated heterocycles. The Morgan fingerprint density at radius 2 is 2.62 bits per heavy atom. The van der Waals surface area contributed by atoms with Gasteiger partial charge >= 0.3 is 0 Å². The van der Waals surface area contributed by atoms with Crippen LogP contribution in [0.4, 0.5) is 0 Å². The van der Waals surface area contributed by atoms with Crippen molar-refractivity contribution in [3.63, 3.8) is 0 Å². The highest BCUT2D eigenvalue weighted by molar-refractivity contribution is 9.10. The van der Waals surface area contributed by atoms with Crippen LogP contribution in [-0.2, 0) is 6.54 Å². The number of nitrogens with two attached hydrogens (primary N) is 1. The van der Waals surface area contributed by atoms with E-state index < -0.39 is 0 Å². The fourth-order valence-corrected chi connectivity index (χ4v) is 1.58. The molecule has 0 atom stereocenters. The third-order valence-electron chi connectivity index (χ3n) is 0.788. The fraction of sp³-hybridized carbons (Fsp3) is 0.250. The van der Waals surface area contributed by atoms with E-state index in [0.29, 0.717) is 6.54 Å². The zero-order chi connectivity index (χ0) is 5.98. The predicted molar refractivity (Wildman–Crippen MR) is 37.7 cm³/mol. The van der Waals surface area contributed by atoms with Crippen molar-refractivity contribution in [3.05, 3.63) is 15.5 Å². The Balaban J connectivity index is 2.92. The Labute approximate surface area is 60.0 Å². The number of halogens is 1. The Hall–Kier alpha value is 0.0700. The largest absolute Gasteiger partial charge is 0.325 e. The Kier molecular flexibility index (Phi) is 1.99. The van der Waals surface area contributed by atoms with Gasteiger partial charge in [0.15, 0.2) is 0 Å². The number of rotatable bonds is 1. The molecule has 0 aromatic carbocycles. The summed E-state index contributed by atoms with van der Waals surface area (Å²) < 4.78 is 5.02. The topological polar surface area (TPSA) is 38.9 Å². The molecular weight excluding hydrogens is 188 g/mol. The zero-order valence-electron chi connectivity index (χ0n) is 4.10. The molecule has 0 spiro atoms. The molecule has 1 aromatic rings. The molecule has 0 aliphatic rings. The standard InChI is InChI=1S/C4H5BrN2S/c5-3-2-8-7-4(3)1-6/h2H,1,6H2. The molecule has 8 heavy (non-hydrogen) atoms. The van der Waals surface area contributed by atoms with Crippen molar-refractivity contribution in [3.8, 4) is 0 Å². The van der Waals surface area contributed by atoms with Crippen LogP contribution in [0.15, 0.2) is 9.85 Å². The molecule has 0 radical (unpaired) electrons. The van der Waals surface area contributed by atoms with E-state index in [1.165, 1.54) is 11.5 Å². The van der Waals surface area contributed by atoms with Gasteiger partial charge in [-0.3, -0.25) is 0 Å². The molecule has 4 heteroatoms. The normalized spacial score (nSPS) is 9.75. The van der Waals surface area contributed by atoms with Crippen LogP contribution in [0.1, 0.15) is 5.69 Å². The van der Waals surface area contributed by atoms with Crippen molar-refractivity contribution in [2.75, 3.05) is 0 Å². The van der Waals surface area contributed by atoms with Gasteiger partial charge in [0, 0.05) is 11.9 Å². The van der Waals surface area contributed by atoms with Gasteiger partial charge in [-0.1, -0.05) is 0 Å². The number of aromatic nitrogens is 1. The average molecular weight is 193 g/mol. The van der Waals surface area contributed by atoms with E-state index >= 15 is 0 Å². The van der Waals surface area contributed by atoms with Crippen LogP contribution in [0.5, 0.6) is 0 Å². The summed E-state index contributed by atoms with van der Waals surface area (Å²) in [4.78, 5) is 0. The summed E-state index contributed by atoms with van der Waals surface area (Å²) in [7, 11) is 0. The van der Waals surface area contributed by atoms with Crippen LogP contribution in [0.3, 0.4) is 0 Å². The van der Waals surface area contributed by atoms with Gasteiger partial charge < -0.3 is 5.73 Å². The van der Waals surface area contributed by atoms with Crippen LogP contribution in [0.2, 0.25) is 0 Å². The van der Waals surface area contributed by atoms with Crippen molar-refractivity contribution in [1.82, 2.24) is 4.37 Å². The lowest BCUT2D eigenvalue weighted by molar-refractivity contribution is 1.02. The maximum absolute atomic E-state index is 5.31. The summed E-state index contributed by atoms with van der Waals surface area (Å²) in [6.45, 7) is 0.518. The molecule has 0 amide bonds. The molecule has 0 bridgehead atoms. The van der Waals surface area contributed by atoms with E-state index in [0.717, 1.165) is 10.2 Å². The number of nitrogens with zero attached hydrogens (tertiary/aromatic N) is 1. The summed E-state index contributed by atoms with van der Waals surface area (Å²) in [6.07, 6.45) is 0. The summed E-state index contributed by atoms with van der Waals surface area (Å²) >= 11 is 4.71. The third kappa shape index (κ3) is 1.07. The summed E-state index contributed by atoms with van der Waals surface area (Å²) in [6, 6.07) is 0. The second kappa shape index (κ2) is 2.57. The lowest BCUT2D eigenvalue weighted by Gasteiger charge is -1.84. The minimum atomic E-state index is 0.518. The molecule has 0 aliphatic carbocycles. The Morgan fingerprint density at radius 1 is 1.88 bits per heavy atom. The summed E-state index contributed by atoms with van der Waals surface area (Å²) in [5.41, 5.74) is 6.25. The summed E-state index contributed by atoms with van der Waals surface area (Å²) in [5, 5.41) is 1.92. The number of hydrogen-bond donors (Lipinski definition) is 1. The first-order chi connectivity index (χ1) is 3.84. The van der Waals surface area contributed by atoms with Crippen molar-refractivity contribution >= 4 is 27.5 Å². The van der Waals surface area contributed by atoms with Gasteiger partial charge in [-0.15, -0.1) is 0 Å². The minimum absolute atomic E-state index is 0.518. The number of hydrogen-bond acceptors (Lipinski definition) is 3. The van der Waals surface area contributed by atoms with Gasteiger partial charge in [0.05, 0.1) is 10.2 Å². The first-order valence-electron chi connectivity index (χ1n) is 2.13. The van der Waals surface area contributed by atoms with Gasteiger partial charge in [0.1, 0.15) is 0 Å². The monoisotopic (exact) mass is 192 g/mol. The molecule has 0 fully saturated rings. The minimum Gasteiger partial charge on any atom is -0.325 e. The molecule has 2 N–H and O–H groups in total. The van der Waals surface area contributed by atoms with Gasteiger partial charge in [-0.05, 0) is 27.5 Å². The first-order valence-corrected chi connectivity index (χ1v) is 3.76. The van der Waals surface area contributed by atoms with E-state index in [2.05, 4.69) is 20.3 Å². The van der Waals surface area contributed by atoms with Gasteiger partial charge in [-0.2, -0.15) is 4.37 Å². The van der Waals surface area contributed by atoms with E-state index in [-0.39, 0.29) is 0 Å². The molecule has 1 heterocycles. The van der Waals surface area contributed by atoms with Crippen molar-refractivity contribution in [2.24, 2.45) is 5.73 Å². The average Bonchev–Trinajstić information content (AvgIpc) is 2.14. The van der Waals surface area contributed by atoms with Crippen molar-refractivity contribution in [1.29, 1.82) is 0 Å². The maximum atomic E-state index is 5.31. The van der Waals surface area contributed by atoms with Crippen LogP contribution in [0.25, 0.3) is 0 Å². The zero-order valence-corrected chi connectivity index (χ0v) is 6.50. The van der Waals surface area contributed by atoms with Crippen molar-refractivity contribution in [2.45, 2.75) is 6.54 Å². The van der Waals surface area contributed by atoms with Gasteiger partial charge in [0.25, 0.3) is 0 Å². The highest BCUT2D eigenvalue weighted by Crippen LogP contribution is 2.16. The molecule has 2 nitrogen and oxygen atoms in total. The highest BCUT2D eigenvalue weighted by Gasteiger charge is 1.96. The predicted octanol–water partition coefficient (Wildman–Crippen LogP) is 1.36. The van der Waals surface area contributed by atoms with Gasteiger partial charge in [0.2, 0.25) is 0 Å². The molecule has 1 rings (SSSR count). The second-order valence-corrected chi connectivity index (χ2v) is 2.80. The van der Waals surface area contributed by atoms with Crippen LogP contribution < -0.4 is 5.73 Å². The van der Waals surface area contributed by atoms with E-state index in [4.69, 9.17) is 5.73 Å². The van der Waals surface area contributed by atoms with E-state index in [1.807, 2.05) is 5.38 Å². The quantitative estimate of drug-likeness (QED) is 0.731. The molecule has 44 valence electrons. The van der Waals surface area contributed by atoms with Crippen LogP contribution in [0, 0.1) is 0 Å². The van der Waals surface area contributed by atoms with Crippen molar-refractivity contribution < 1.29 is 0 Å². The van der Waals surface area contributed by atoms with E-state index in [1.54, 1.807) is 0 Å². The highest BCUT2D eigenvalue weighted by atomic mass is 79.9. The SMILES string of the molecule is NCc1nscc1Br. The molecule has 0 saturated carbocycles. The van der Waals surface area contributed by atoms with Crippen LogP contribution in [-0.4, -0.2) is 4.37 Å². The lowest BCUT2D eigenvalue weighted by Crippen LogP contribution is -1.95. The van der Waals surface area contributed by atoms with E-state index in [9.17, 15) is 0 Å². The molecule has 0 unspecified atom stereocenters. The Bertz CT molecular complexity index is 174. The second-order valence-electron chi connectivity index (χ2n) is 1.31. The maximum Gasteiger partial charge on any atom is 0.0819 e. The first kappa shape index (κ1) is 6.19. The Morgan fingerprint density at radius 3 is 2.88 bits per heavy atom. The molecular formula is C4H5BrN2S. The third-order valence-corrected chi connectivity index (χ3v) is 2.44. The molecule has 0 aliphatic heterocycles. The molecule has 1 aromatic heterocycles. The van der Waals surface area contributed by atoms with Crippen LogP contribution >= 0.6 is 27.5 Å². The lowest BCUT2D eigenvalue weighted by atomic mass is 10.4. The summed E-state index contributed by atoms with van der Waals surface area (Å²) in [5.74, 6) is 0.